The van der Waals surface area contributed by atoms with Crippen LogP contribution in [0.5, 0.6) is 0 Å². The van der Waals surface area contributed by atoms with Gasteiger partial charge in [0.25, 0.3) is 5.91 Å². The maximum absolute atomic E-state index is 13.7. The number of anilines is 2. The zero-order valence-electron chi connectivity index (χ0n) is 19.9. The second kappa shape index (κ2) is 11.2. The number of halogens is 6. The van der Waals surface area contributed by atoms with Crippen LogP contribution in [0.25, 0.3) is 0 Å². The second-order valence-electron chi connectivity index (χ2n) is 8.13. The van der Waals surface area contributed by atoms with Crippen molar-refractivity contribution in [2.24, 2.45) is 0 Å². The Balaban J connectivity index is 1.76. The maximum atomic E-state index is 13.7. The molecule has 2 aromatic heterocycles. The number of rotatable bonds is 6. The number of pyridine rings is 2. The van der Waals surface area contributed by atoms with Gasteiger partial charge in [0, 0.05) is 46.3 Å². The largest absolute Gasteiger partial charge is 0.435 e. The minimum Gasteiger partial charge on any atom is -0.367 e. The fraction of sp³-hybridized carbons (Fsp3) is 0.455. The van der Waals surface area contributed by atoms with Gasteiger partial charge in [-0.25, -0.2) is 14.8 Å². The third-order valence-corrected chi connectivity index (χ3v) is 5.48. The maximum Gasteiger partial charge on any atom is 0.435 e. The topological polar surface area (TPSA) is 102 Å². The highest BCUT2D eigenvalue weighted by atomic mass is 19.4. The van der Waals surface area contributed by atoms with Crippen molar-refractivity contribution in [3.63, 3.8) is 0 Å². The van der Waals surface area contributed by atoms with Gasteiger partial charge in [-0.15, -0.1) is 0 Å². The molecule has 0 aromatic carbocycles. The lowest BCUT2D eigenvalue weighted by Crippen LogP contribution is -2.46. The van der Waals surface area contributed by atoms with Gasteiger partial charge in [-0.1, -0.05) is 0 Å². The van der Waals surface area contributed by atoms with Gasteiger partial charge in [-0.3, -0.25) is 15.0 Å². The lowest BCUT2D eigenvalue weighted by atomic mass is 10.1. The number of urea groups is 1. The van der Waals surface area contributed by atoms with Crippen LogP contribution < -0.4 is 20.9 Å². The van der Waals surface area contributed by atoms with E-state index >= 15 is 0 Å². The van der Waals surface area contributed by atoms with Crippen LogP contribution in [-0.4, -0.2) is 66.6 Å². The van der Waals surface area contributed by atoms with Crippen LogP contribution in [0.1, 0.15) is 34.4 Å². The van der Waals surface area contributed by atoms with E-state index in [0.29, 0.717) is 0 Å². The standard InChI is InChI=1S/C22H25F6N7O2/c1-3-30-20(37)33-17-11-13(10-16(32-17)21(23,24)25)12-34-6-8-35(9-7-34)15-5-4-14(19(36)29-2)31-18(15)22(26,27)28/h4-5,10-11H,3,6-9,12H2,1-2H3,(H,29,36)(H2,30,32,33,37). The van der Waals surface area contributed by atoms with Crippen molar-refractivity contribution < 1.29 is 35.9 Å². The zero-order valence-corrected chi connectivity index (χ0v) is 19.9. The summed E-state index contributed by atoms with van der Waals surface area (Å²) in [5, 5.41) is 6.91. The Morgan fingerprint density at radius 1 is 0.973 bits per heavy atom. The van der Waals surface area contributed by atoms with Gasteiger partial charge >= 0.3 is 18.4 Å². The summed E-state index contributed by atoms with van der Waals surface area (Å²) in [5.74, 6) is -1.02. The van der Waals surface area contributed by atoms with Crippen molar-refractivity contribution in [1.29, 1.82) is 0 Å². The minimum atomic E-state index is -4.80. The first kappa shape index (κ1) is 28.0. The van der Waals surface area contributed by atoms with E-state index in [1.54, 1.807) is 11.8 Å². The molecule has 0 saturated carbocycles. The number of alkyl halides is 6. The molecular weight excluding hydrogens is 508 g/mol. The van der Waals surface area contributed by atoms with Crippen LogP contribution >= 0.6 is 0 Å². The molecule has 2 aromatic rings. The van der Waals surface area contributed by atoms with Crippen LogP contribution in [0, 0.1) is 0 Å². The van der Waals surface area contributed by atoms with Crippen molar-refractivity contribution in [2.45, 2.75) is 25.8 Å². The van der Waals surface area contributed by atoms with E-state index in [2.05, 4.69) is 25.9 Å². The van der Waals surface area contributed by atoms with Gasteiger partial charge in [-0.05, 0) is 36.8 Å². The molecule has 0 aliphatic carbocycles. The van der Waals surface area contributed by atoms with E-state index in [-0.39, 0.29) is 62.0 Å². The molecule has 202 valence electrons. The summed E-state index contributed by atoms with van der Waals surface area (Å²) in [5.41, 5.74) is -2.68. The van der Waals surface area contributed by atoms with Gasteiger partial charge in [0.2, 0.25) is 0 Å². The van der Waals surface area contributed by atoms with E-state index in [9.17, 15) is 35.9 Å². The number of nitrogens with one attached hydrogen (secondary N) is 3. The molecule has 0 atom stereocenters. The molecule has 3 heterocycles. The molecule has 9 nitrogen and oxygen atoms in total. The molecule has 0 spiro atoms. The monoisotopic (exact) mass is 533 g/mol. The third-order valence-electron chi connectivity index (χ3n) is 5.48. The van der Waals surface area contributed by atoms with Crippen molar-refractivity contribution >= 4 is 23.4 Å². The molecule has 1 aliphatic heterocycles. The summed E-state index contributed by atoms with van der Waals surface area (Å²) in [7, 11) is 1.28. The molecule has 3 amide bonds. The number of piperazine rings is 1. The van der Waals surface area contributed by atoms with Crippen LogP contribution in [0.3, 0.4) is 0 Å². The predicted octanol–water partition coefficient (Wildman–Crippen LogP) is 3.34. The first-order chi connectivity index (χ1) is 17.3. The van der Waals surface area contributed by atoms with Gasteiger partial charge in [-0.2, -0.15) is 26.3 Å². The summed E-state index contributed by atoms with van der Waals surface area (Å²) in [6.07, 6.45) is -9.54. The van der Waals surface area contributed by atoms with Gasteiger partial charge < -0.3 is 15.5 Å². The molecule has 15 heteroatoms. The normalized spacial score (nSPS) is 14.9. The van der Waals surface area contributed by atoms with Crippen molar-refractivity contribution in [2.75, 3.05) is 50.0 Å². The highest BCUT2D eigenvalue weighted by molar-refractivity contribution is 5.92. The molecule has 1 fully saturated rings. The number of nitrogens with zero attached hydrogens (tertiary/aromatic N) is 4. The fourth-order valence-corrected chi connectivity index (χ4v) is 3.78. The molecule has 1 aliphatic rings. The zero-order chi connectivity index (χ0) is 27.4. The van der Waals surface area contributed by atoms with Crippen molar-refractivity contribution in [1.82, 2.24) is 25.5 Å². The summed E-state index contributed by atoms with van der Waals surface area (Å²) < 4.78 is 81.0. The Hall–Kier alpha value is -3.62. The number of carbonyl (C=O) groups is 2. The SMILES string of the molecule is CCNC(=O)Nc1cc(CN2CCN(c3ccc(C(=O)NC)nc3C(F)(F)F)CC2)cc(C(F)(F)F)n1. The summed E-state index contributed by atoms with van der Waals surface area (Å²) in [6, 6.07) is 3.88. The van der Waals surface area contributed by atoms with Crippen LogP contribution in [0.2, 0.25) is 0 Å². The summed E-state index contributed by atoms with van der Waals surface area (Å²) >= 11 is 0. The van der Waals surface area contributed by atoms with Crippen LogP contribution in [0.4, 0.5) is 42.6 Å². The van der Waals surface area contributed by atoms with Crippen molar-refractivity contribution in [3.8, 4) is 0 Å². The van der Waals surface area contributed by atoms with Gasteiger partial charge in [0.15, 0.2) is 5.69 Å². The average Bonchev–Trinajstić information content (AvgIpc) is 2.82. The number of hydrogen-bond acceptors (Lipinski definition) is 6. The lowest BCUT2D eigenvalue weighted by molar-refractivity contribution is -0.141. The summed E-state index contributed by atoms with van der Waals surface area (Å²) in [6.45, 7) is 2.75. The van der Waals surface area contributed by atoms with E-state index in [1.807, 2.05) is 0 Å². The second-order valence-corrected chi connectivity index (χ2v) is 8.13. The molecule has 0 bridgehead atoms. The Kier molecular flexibility index (Phi) is 8.46. The highest BCUT2D eigenvalue weighted by Gasteiger charge is 2.38. The summed E-state index contributed by atoms with van der Waals surface area (Å²) in [4.78, 5) is 33.7. The molecular formula is C22H25F6N7O2. The Morgan fingerprint density at radius 2 is 1.65 bits per heavy atom. The first-order valence-corrected chi connectivity index (χ1v) is 11.2. The molecule has 0 unspecified atom stereocenters. The predicted molar refractivity (Wildman–Crippen MR) is 122 cm³/mol. The van der Waals surface area contributed by atoms with E-state index < -0.39 is 35.7 Å². The Morgan fingerprint density at radius 3 is 2.22 bits per heavy atom. The Bertz CT molecular complexity index is 1130. The molecule has 1 saturated heterocycles. The number of carbonyl (C=O) groups excluding carboxylic acids is 2. The van der Waals surface area contributed by atoms with E-state index in [1.165, 1.54) is 30.1 Å². The third kappa shape index (κ3) is 7.21. The van der Waals surface area contributed by atoms with Crippen LogP contribution in [0.15, 0.2) is 24.3 Å². The van der Waals surface area contributed by atoms with Gasteiger partial charge in [0.1, 0.15) is 17.2 Å². The Labute approximate surface area is 208 Å². The number of aromatic nitrogens is 2. The molecule has 37 heavy (non-hydrogen) atoms. The lowest BCUT2D eigenvalue weighted by Gasteiger charge is -2.37. The first-order valence-electron chi connectivity index (χ1n) is 11.2. The van der Waals surface area contributed by atoms with Crippen LogP contribution in [-0.2, 0) is 18.9 Å². The quantitative estimate of drug-likeness (QED) is 0.493. The fourth-order valence-electron chi connectivity index (χ4n) is 3.78. The molecule has 3 N–H and O–H groups in total. The van der Waals surface area contributed by atoms with Crippen molar-refractivity contribution in [3.05, 3.63) is 46.9 Å². The average molecular weight is 533 g/mol. The number of hydrogen-bond donors (Lipinski definition) is 3. The van der Waals surface area contributed by atoms with Gasteiger partial charge in [0.05, 0.1) is 5.69 Å². The minimum absolute atomic E-state index is 0.0590. The van der Waals surface area contributed by atoms with E-state index in [4.69, 9.17) is 0 Å². The van der Waals surface area contributed by atoms with E-state index in [0.717, 1.165) is 6.07 Å². The molecule has 3 rings (SSSR count). The highest BCUT2D eigenvalue weighted by Crippen LogP contribution is 2.36. The number of amides is 3. The smallest absolute Gasteiger partial charge is 0.367 e. The molecule has 0 radical (unpaired) electrons.